The molecule has 0 heterocycles. The zero-order valence-corrected chi connectivity index (χ0v) is 12.6. The molecular formula is C15H18N2O6. The molecule has 0 radical (unpaired) electrons. The van der Waals surface area contributed by atoms with Crippen molar-refractivity contribution in [3.63, 3.8) is 0 Å². The van der Waals surface area contributed by atoms with Crippen LogP contribution in [0.15, 0.2) is 18.2 Å². The SMILES string of the molecule is O=C(OCCC1CCCCC1)c1cccc([N+](=O)[O-])c1[N+](=O)[O-]. The number of carbonyl (C=O) groups excluding carboxylic acids is 1. The number of ether oxygens (including phenoxy) is 1. The average Bonchev–Trinajstić information content (AvgIpc) is 2.54. The number of nitro groups is 2. The highest BCUT2D eigenvalue weighted by Gasteiger charge is 2.32. The maximum absolute atomic E-state index is 12.0. The van der Waals surface area contributed by atoms with Crippen LogP contribution in [-0.4, -0.2) is 22.4 Å². The summed E-state index contributed by atoms with van der Waals surface area (Å²) in [5.41, 5.74) is -1.91. The van der Waals surface area contributed by atoms with Gasteiger partial charge in [0.25, 0.3) is 0 Å². The third-order valence-electron chi connectivity index (χ3n) is 4.10. The van der Waals surface area contributed by atoms with Crippen LogP contribution >= 0.6 is 0 Å². The quantitative estimate of drug-likeness (QED) is 0.449. The minimum atomic E-state index is -0.921. The van der Waals surface area contributed by atoms with E-state index in [9.17, 15) is 25.0 Å². The van der Waals surface area contributed by atoms with E-state index in [2.05, 4.69) is 0 Å². The summed E-state index contributed by atoms with van der Waals surface area (Å²) in [5.74, 6) is -0.382. The molecule has 23 heavy (non-hydrogen) atoms. The minimum Gasteiger partial charge on any atom is -0.462 e. The van der Waals surface area contributed by atoms with E-state index in [1.807, 2.05) is 0 Å². The normalized spacial score (nSPS) is 15.1. The zero-order valence-electron chi connectivity index (χ0n) is 12.6. The van der Waals surface area contributed by atoms with Crippen molar-refractivity contribution in [2.24, 2.45) is 5.92 Å². The Balaban J connectivity index is 2.05. The van der Waals surface area contributed by atoms with Crippen molar-refractivity contribution < 1.29 is 19.4 Å². The molecule has 1 aliphatic rings. The molecule has 0 atom stereocenters. The van der Waals surface area contributed by atoms with E-state index in [1.165, 1.54) is 31.4 Å². The zero-order chi connectivity index (χ0) is 16.8. The first kappa shape index (κ1) is 16.9. The molecule has 0 aliphatic heterocycles. The van der Waals surface area contributed by atoms with E-state index in [1.54, 1.807) is 0 Å². The molecule has 0 N–H and O–H groups in total. The van der Waals surface area contributed by atoms with Gasteiger partial charge in [0.1, 0.15) is 5.56 Å². The lowest BCUT2D eigenvalue weighted by Crippen LogP contribution is -2.14. The summed E-state index contributed by atoms with van der Waals surface area (Å²) in [4.78, 5) is 32.2. The maximum Gasteiger partial charge on any atom is 0.360 e. The van der Waals surface area contributed by atoms with Crippen molar-refractivity contribution in [2.45, 2.75) is 38.5 Å². The number of carbonyl (C=O) groups is 1. The fraction of sp³-hybridized carbons (Fsp3) is 0.533. The number of nitrogens with zero attached hydrogens (tertiary/aromatic N) is 2. The van der Waals surface area contributed by atoms with Crippen molar-refractivity contribution in [1.29, 1.82) is 0 Å². The van der Waals surface area contributed by atoms with E-state index >= 15 is 0 Å². The van der Waals surface area contributed by atoms with Crippen LogP contribution in [0.4, 0.5) is 11.4 Å². The van der Waals surface area contributed by atoms with Gasteiger partial charge in [-0.05, 0) is 18.4 Å². The van der Waals surface area contributed by atoms with Gasteiger partial charge in [0.2, 0.25) is 0 Å². The monoisotopic (exact) mass is 322 g/mol. The van der Waals surface area contributed by atoms with Crippen LogP contribution < -0.4 is 0 Å². The molecule has 8 heteroatoms. The number of hydrogen-bond donors (Lipinski definition) is 0. The molecule has 1 aliphatic carbocycles. The summed E-state index contributed by atoms with van der Waals surface area (Å²) >= 11 is 0. The number of esters is 1. The Hall–Kier alpha value is -2.51. The average molecular weight is 322 g/mol. The van der Waals surface area contributed by atoms with Gasteiger partial charge in [-0.2, -0.15) is 0 Å². The van der Waals surface area contributed by atoms with Gasteiger partial charge >= 0.3 is 17.3 Å². The first-order valence-electron chi connectivity index (χ1n) is 7.59. The second-order valence-electron chi connectivity index (χ2n) is 5.62. The van der Waals surface area contributed by atoms with Crippen molar-refractivity contribution in [3.05, 3.63) is 44.0 Å². The van der Waals surface area contributed by atoms with Gasteiger partial charge in [-0.1, -0.05) is 38.2 Å². The predicted molar refractivity (Wildman–Crippen MR) is 81.2 cm³/mol. The van der Waals surface area contributed by atoms with Crippen LogP contribution in [0.1, 0.15) is 48.9 Å². The van der Waals surface area contributed by atoms with Gasteiger partial charge in [0.05, 0.1) is 16.5 Å². The molecule has 1 saturated carbocycles. The lowest BCUT2D eigenvalue weighted by atomic mass is 9.87. The third-order valence-corrected chi connectivity index (χ3v) is 4.10. The van der Waals surface area contributed by atoms with Gasteiger partial charge in [-0.3, -0.25) is 20.2 Å². The molecule has 1 aromatic carbocycles. The summed E-state index contributed by atoms with van der Waals surface area (Å²) in [5, 5.41) is 21.9. The number of rotatable bonds is 6. The van der Waals surface area contributed by atoms with Crippen LogP contribution in [0.2, 0.25) is 0 Å². The molecular weight excluding hydrogens is 304 g/mol. The summed E-state index contributed by atoms with van der Waals surface area (Å²) in [7, 11) is 0. The Labute approximate surface area is 132 Å². The highest BCUT2D eigenvalue weighted by atomic mass is 16.6. The van der Waals surface area contributed by atoms with Gasteiger partial charge < -0.3 is 4.74 Å². The predicted octanol–water partition coefficient (Wildman–Crippen LogP) is 3.63. The third kappa shape index (κ3) is 4.24. The van der Waals surface area contributed by atoms with Crippen LogP contribution in [-0.2, 0) is 4.74 Å². The number of hydrogen-bond acceptors (Lipinski definition) is 6. The number of nitro benzene ring substituents is 2. The molecule has 0 amide bonds. The highest BCUT2D eigenvalue weighted by molar-refractivity contribution is 5.95. The largest absolute Gasteiger partial charge is 0.462 e. The van der Waals surface area contributed by atoms with Gasteiger partial charge in [0.15, 0.2) is 0 Å². The highest BCUT2D eigenvalue weighted by Crippen LogP contribution is 2.31. The van der Waals surface area contributed by atoms with E-state index in [-0.39, 0.29) is 12.2 Å². The molecule has 0 aromatic heterocycles. The Morgan fingerprint density at radius 3 is 2.43 bits per heavy atom. The lowest BCUT2D eigenvalue weighted by Gasteiger charge is -2.21. The summed E-state index contributed by atoms with van der Waals surface area (Å²) < 4.78 is 5.09. The van der Waals surface area contributed by atoms with Crippen LogP contribution in [0.25, 0.3) is 0 Å². The molecule has 0 saturated heterocycles. The van der Waals surface area contributed by atoms with Crippen molar-refractivity contribution in [2.75, 3.05) is 6.61 Å². The minimum absolute atomic E-state index is 0.170. The fourth-order valence-electron chi connectivity index (χ4n) is 2.91. The Bertz CT molecular complexity index is 610. The summed E-state index contributed by atoms with van der Waals surface area (Å²) in [6, 6.07) is 3.41. The number of benzene rings is 1. The van der Waals surface area contributed by atoms with E-state index < -0.39 is 27.2 Å². The van der Waals surface area contributed by atoms with Crippen LogP contribution in [0, 0.1) is 26.1 Å². The van der Waals surface area contributed by atoms with Gasteiger partial charge in [-0.25, -0.2) is 4.79 Å². The first-order valence-corrected chi connectivity index (χ1v) is 7.59. The van der Waals surface area contributed by atoms with E-state index in [0.717, 1.165) is 18.9 Å². The molecule has 0 spiro atoms. The summed E-state index contributed by atoms with van der Waals surface area (Å²) in [6.07, 6.45) is 6.51. The van der Waals surface area contributed by atoms with Gasteiger partial charge in [0, 0.05) is 6.07 Å². The molecule has 0 unspecified atom stereocenters. The van der Waals surface area contributed by atoms with Crippen molar-refractivity contribution in [1.82, 2.24) is 0 Å². The Kier molecular flexibility index (Phi) is 5.61. The second kappa shape index (κ2) is 7.66. The molecule has 0 bridgehead atoms. The van der Waals surface area contributed by atoms with Crippen molar-refractivity contribution in [3.8, 4) is 0 Å². The Morgan fingerprint density at radius 1 is 1.13 bits per heavy atom. The van der Waals surface area contributed by atoms with E-state index in [4.69, 9.17) is 4.74 Å². The fourth-order valence-corrected chi connectivity index (χ4v) is 2.91. The van der Waals surface area contributed by atoms with Crippen molar-refractivity contribution >= 4 is 17.3 Å². The van der Waals surface area contributed by atoms with Crippen LogP contribution in [0.3, 0.4) is 0 Å². The smallest absolute Gasteiger partial charge is 0.360 e. The van der Waals surface area contributed by atoms with Gasteiger partial charge in [-0.15, -0.1) is 0 Å². The Morgan fingerprint density at radius 2 is 1.83 bits per heavy atom. The van der Waals surface area contributed by atoms with Crippen LogP contribution in [0.5, 0.6) is 0 Å². The number of para-hydroxylation sites is 1. The molecule has 1 aromatic rings. The first-order chi connectivity index (χ1) is 11.0. The lowest BCUT2D eigenvalue weighted by molar-refractivity contribution is -0.422. The maximum atomic E-state index is 12.0. The van der Waals surface area contributed by atoms with E-state index in [0.29, 0.717) is 12.3 Å². The standard InChI is InChI=1S/C15H18N2O6/c18-15(23-10-9-11-5-2-1-3-6-11)12-7-4-8-13(16(19)20)14(12)17(21)22/h4,7-8,11H,1-3,5-6,9-10H2. The second-order valence-corrected chi connectivity index (χ2v) is 5.62. The molecule has 124 valence electrons. The molecule has 2 rings (SSSR count). The topological polar surface area (TPSA) is 113 Å². The summed E-state index contributed by atoms with van der Waals surface area (Å²) in [6.45, 7) is 0.170. The molecule has 1 fully saturated rings. The molecule has 8 nitrogen and oxygen atoms in total.